The third-order valence-electron chi connectivity index (χ3n) is 8.67. The van der Waals surface area contributed by atoms with Gasteiger partial charge in [0, 0.05) is 19.4 Å². The lowest BCUT2D eigenvalue weighted by atomic mass is 9.75. The molecule has 4 rings (SSSR count). The van der Waals surface area contributed by atoms with Crippen LogP contribution in [0.3, 0.4) is 0 Å². The van der Waals surface area contributed by atoms with Crippen molar-refractivity contribution in [2.24, 2.45) is 5.92 Å². The monoisotopic (exact) mass is 569 g/mol. The molecule has 0 aromatic heterocycles. The van der Waals surface area contributed by atoms with E-state index >= 15 is 0 Å². The van der Waals surface area contributed by atoms with E-state index in [0.29, 0.717) is 57.9 Å². The molecule has 1 aliphatic carbocycles. The molecule has 1 spiro atoms. The summed E-state index contributed by atoms with van der Waals surface area (Å²) >= 11 is 0. The van der Waals surface area contributed by atoms with Crippen molar-refractivity contribution in [2.45, 2.75) is 108 Å². The van der Waals surface area contributed by atoms with Gasteiger partial charge in [0.05, 0.1) is 0 Å². The molecular weight excluding hydrogens is 526 g/mol. The molecule has 1 saturated carbocycles. The van der Waals surface area contributed by atoms with Gasteiger partial charge in [-0.2, -0.15) is 0 Å². The number of nitrogens with one attached hydrogen (secondary N) is 4. The average Bonchev–Trinajstić information content (AvgIpc) is 3.45. The average molecular weight is 570 g/mol. The van der Waals surface area contributed by atoms with E-state index in [1.54, 1.807) is 10.4 Å². The Hall–Kier alpha value is -3.47. The normalized spacial score (nSPS) is 29.1. The number of hydrogen-bond acceptors (Lipinski definition) is 6. The molecule has 0 bridgehead atoms. The van der Waals surface area contributed by atoms with Crippen molar-refractivity contribution >= 4 is 29.5 Å². The first-order valence-corrected chi connectivity index (χ1v) is 14.9. The van der Waals surface area contributed by atoms with Crippen LogP contribution in [0.2, 0.25) is 0 Å². The first-order valence-electron chi connectivity index (χ1n) is 14.9. The fourth-order valence-electron chi connectivity index (χ4n) is 6.50. The van der Waals surface area contributed by atoms with E-state index in [2.05, 4.69) is 22.9 Å². The number of nitrogens with zero attached hydrogens (tertiary/aromatic N) is 1. The number of benzene rings is 1. The maximum atomic E-state index is 14.1. The third kappa shape index (κ3) is 7.63. The Morgan fingerprint density at radius 1 is 1.00 bits per heavy atom. The second-order valence-electron chi connectivity index (χ2n) is 11.9. The zero-order chi connectivity index (χ0) is 29.4. The van der Waals surface area contributed by atoms with Gasteiger partial charge in [-0.1, -0.05) is 62.9 Å². The van der Waals surface area contributed by atoms with Crippen molar-refractivity contribution in [2.75, 3.05) is 6.54 Å². The van der Waals surface area contributed by atoms with Crippen molar-refractivity contribution in [1.82, 2.24) is 26.3 Å². The number of amides is 5. The molecule has 5 atom stereocenters. The summed E-state index contributed by atoms with van der Waals surface area (Å²) in [5.74, 6) is -1.70. The Kier molecular flexibility index (Phi) is 10.4. The van der Waals surface area contributed by atoms with Gasteiger partial charge in [-0.25, -0.2) is 5.48 Å². The maximum Gasteiger partial charge on any atom is 0.246 e. The van der Waals surface area contributed by atoms with Crippen molar-refractivity contribution in [3.8, 4) is 0 Å². The molecule has 5 N–H and O–H groups in total. The lowest BCUT2D eigenvalue weighted by Gasteiger charge is -2.42. The molecule has 224 valence electrons. The smallest absolute Gasteiger partial charge is 0.246 e. The van der Waals surface area contributed by atoms with Crippen LogP contribution in [0.5, 0.6) is 0 Å². The largest absolute Gasteiger partial charge is 0.343 e. The molecule has 2 unspecified atom stereocenters. The highest BCUT2D eigenvalue weighted by Gasteiger charge is 2.47. The number of unbranched alkanes of at least 4 members (excludes halogenated alkanes) is 2. The fraction of sp³-hybridized carbons (Fsp3) is 0.633. The van der Waals surface area contributed by atoms with Gasteiger partial charge in [0.25, 0.3) is 0 Å². The number of hydrogen-bond donors (Lipinski definition) is 5. The van der Waals surface area contributed by atoms with E-state index in [1.807, 2.05) is 30.3 Å². The number of rotatable bonds is 8. The first kappa shape index (κ1) is 30.5. The Balaban J connectivity index is 1.61. The molecule has 3 fully saturated rings. The third-order valence-corrected chi connectivity index (χ3v) is 8.67. The summed E-state index contributed by atoms with van der Waals surface area (Å²) in [6.07, 6.45) is 6.18. The second kappa shape index (κ2) is 13.9. The Labute approximate surface area is 241 Å². The van der Waals surface area contributed by atoms with E-state index in [9.17, 15) is 24.0 Å². The standard InChI is InChI=1S/C30H43N5O6/c1-20-10-8-16-30(19-20)29(40)32-23(18-21-11-4-2-5-12-21)28(39)35-17-9-14-24(35)27(38)31-22(26(37)33-30)13-6-3-7-15-25(36)34-41/h2,4-5,11-12,20,22-24,41H,3,6-10,13-19H2,1H3,(H,31,38)(H,32,40)(H,33,37)(H,34,36)/t20?,22-,23-,24+,30?/m0/s1. The van der Waals surface area contributed by atoms with E-state index in [0.717, 1.165) is 18.4 Å². The van der Waals surface area contributed by atoms with Gasteiger partial charge in [0.1, 0.15) is 23.7 Å². The van der Waals surface area contributed by atoms with Crippen LogP contribution >= 0.6 is 0 Å². The molecule has 0 radical (unpaired) electrons. The summed E-state index contributed by atoms with van der Waals surface area (Å²) in [6.45, 7) is 2.46. The van der Waals surface area contributed by atoms with Gasteiger partial charge in [0.2, 0.25) is 29.5 Å². The molecule has 2 heterocycles. The van der Waals surface area contributed by atoms with E-state index < -0.39 is 35.5 Å². The molecule has 2 aliphatic heterocycles. The van der Waals surface area contributed by atoms with Gasteiger partial charge in [-0.3, -0.25) is 29.2 Å². The summed E-state index contributed by atoms with van der Waals surface area (Å²) in [5, 5.41) is 17.7. The Morgan fingerprint density at radius 2 is 1.78 bits per heavy atom. The number of carbonyl (C=O) groups excluding carboxylic acids is 5. The van der Waals surface area contributed by atoms with Crippen LogP contribution in [-0.2, 0) is 30.4 Å². The minimum Gasteiger partial charge on any atom is -0.343 e. The van der Waals surface area contributed by atoms with Crippen LogP contribution in [0.15, 0.2) is 30.3 Å². The van der Waals surface area contributed by atoms with Gasteiger partial charge in [0.15, 0.2) is 0 Å². The van der Waals surface area contributed by atoms with E-state index in [1.165, 1.54) is 0 Å². The highest BCUT2D eigenvalue weighted by Crippen LogP contribution is 2.33. The van der Waals surface area contributed by atoms with Crippen molar-refractivity contribution in [1.29, 1.82) is 0 Å². The summed E-state index contributed by atoms with van der Waals surface area (Å²) in [6, 6.07) is 7.01. The topological polar surface area (TPSA) is 157 Å². The van der Waals surface area contributed by atoms with Gasteiger partial charge in [-0.05, 0) is 50.0 Å². The van der Waals surface area contributed by atoms with Crippen LogP contribution in [-0.4, -0.2) is 69.9 Å². The number of carbonyl (C=O) groups is 5. The minimum atomic E-state index is -1.18. The molecule has 11 nitrogen and oxygen atoms in total. The fourth-order valence-corrected chi connectivity index (χ4v) is 6.50. The Morgan fingerprint density at radius 3 is 2.51 bits per heavy atom. The zero-order valence-electron chi connectivity index (χ0n) is 23.8. The second-order valence-corrected chi connectivity index (χ2v) is 11.9. The molecule has 1 aromatic rings. The summed E-state index contributed by atoms with van der Waals surface area (Å²) in [7, 11) is 0. The molecule has 11 heteroatoms. The minimum absolute atomic E-state index is 0.157. The highest BCUT2D eigenvalue weighted by atomic mass is 16.5. The SMILES string of the molecule is CC1CCCC2(C1)NC(=O)[C@H](CCCCCC(=O)NO)NC(=O)[C@H]1CCCN1C(=O)[C@H](Cc1ccccc1)NC2=O. The number of fused-ring (bicyclic) bond motifs is 1. The van der Waals surface area contributed by atoms with Crippen LogP contribution < -0.4 is 21.4 Å². The number of hydroxylamine groups is 1. The van der Waals surface area contributed by atoms with E-state index in [4.69, 9.17) is 5.21 Å². The Bertz CT molecular complexity index is 1110. The van der Waals surface area contributed by atoms with Crippen molar-refractivity contribution in [3.63, 3.8) is 0 Å². The van der Waals surface area contributed by atoms with Crippen LogP contribution in [0.4, 0.5) is 0 Å². The summed E-state index contributed by atoms with van der Waals surface area (Å²) in [5.41, 5.74) is 1.32. The predicted octanol–water partition coefficient (Wildman–Crippen LogP) is 1.72. The lowest BCUT2D eigenvalue weighted by molar-refractivity contribution is -0.145. The van der Waals surface area contributed by atoms with Crippen molar-refractivity contribution in [3.05, 3.63) is 35.9 Å². The lowest BCUT2D eigenvalue weighted by Crippen LogP contribution is -2.67. The predicted molar refractivity (Wildman–Crippen MR) is 150 cm³/mol. The maximum absolute atomic E-state index is 14.1. The van der Waals surface area contributed by atoms with Gasteiger partial charge >= 0.3 is 0 Å². The van der Waals surface area contributed by atoms with E-state index in [-0.39, 0.29) is 36.5 Å². The first-order chi connectivity index (χ1) is 19.7. The van der Waals surface area contributed by atoms with Crippen LogP contribution in [0.1, 0.15) is 83.1 Å². The zero-order valence-corrected chi connectivity index (χ0v) is 23.8. The summed E-state index contributed by atoms with van der Waals surface area (Å²) in [4.78, 5) is 68.2. The molecule has 3 aliphatic rings. The van der Waals surface area contributed by atoms with Crippen molar-refractivity contribution < 1.29 is 29.2 Å². The van der Waals surface area contributed by atoms with Crippen LogP contribution in [0.25, 0.3) is 0 Å². The quantitative estimate of drug-likeness (QED) is 0.182. The molecular formula is C30H43N5O6. The molecule has 5 amide bonds. The highest BCUT2D eigenvalue weighted by molar-refractivity contribution is 5.99. The molecule has 2 saturated heterocycles. The summed E-state index contributed by atoms with van der Waals surface area (Å²) < 4.78 is 0. The van der Waals surface area contributed by atoms with Crippen LogP contribution in [0, 0.1) is 5.92 Å². The van der Waals surface area contributed by atoms with Gasteiger partial charge in [-0.15, -0.1) is 0 Å². The molecule has 1 aromatic carbocycles. The molecule has 41 heavy (non-hydrogen) atoms. The van der Waals surface area contributed by atoms with Gasteiger partial charge < -0.3 is 20.9 Å².